The molecule has 1 atom stereocenters. The highest BCUT2D eigenvalue weighted by molar-refractivity contribution is 5.95. The minimum atomic E-state index is -0.528. The summed E-state index contributed by atoms with van der Waals surface area (Å²) in [6.45, 7) is 13.3. The molecule has 2 aromatic carbocycles. The zero-order chi connectivity index (χ0) is 22.9. The average molecular weight is 423 g/mol. The van der Waals surface area contributed by atoms with Gasteiger partial charge >= 0.3 is 0 Å². The molecule has 0 radical (unpaired) electrons. The van der Waals surface area contributed by atoms with Gasteiger partial charge in [0.15, 0.2) is 0 Å². The van der Waals surface area contributed by atoms with Crippen LogP contribution in [0.15, 0.2) is 41.5 Å². The van der Waals surface area contributed by atoms with Gasteiger partial charge in [0, 0.05) is 35.0 Å². The third-order valence-electron chi connectivity index (χ3n) is 5.87. The first-order valence-electron chi connectivity index (χ1n) is 10.5. The number of benzene rings is 2. The van der Waals surface area contributed by atoms with Crippen molar-refractivity contribution in [2.45, 2.75) is 65.5 Å². The van der Waals surface area contributed by atoms with Gasteiger partial charge in [-0.3, -0.25) is 14.9 Å². The monoisotopic (exact) mass is 422 g/mol. The number of rotatable bonds is 5. The molecule has 0 bridgehead atoms. The molecular weight excluding hydrogens is 392 g/mol. The van der Waals surface area contributed by atoms with E-state index in [0.29, 0.717) is 12.0 Å². The fourth-order valence-electron chi connectivity index (χ4n) is 4.72. The van der Waals surface area contributed by atoms with Crippen LogP contribution in [-0.2, 0) is 0 Å². The molecule has 0 aromatic heterocycles. The van der Waals surface area contributed by atoms with Gasteiger partial charge in [0.25, 0.3) is 11.6 Å². The van der Waals surface area contributed by atoms with Crippen molar-refractivity contribution in [2.24, 2.45) is 5.10 Å². The summed E-state index contributed by atoms with van der Waals surface area (Å²) >= 11 is 0. The lowest BCUT2D eigenvalue weighted by Crippen LogP contribution is -2.51. The normalized spacial score (nSPS) is 17.6. The summed E-state index contributed by atoms with van der Waals surface area (Å²) in [5.74, 6) is -0.0797. The first-order valence-corrected chi connectivity index (χ1v) is 10.5. The number of hydrogen-bond acceptors (Lipinski definition) is 5. The third kappa shape index (κ3) is 4.60. The summed E-state index contributed by atoms with van der Waals surface area (Å²) < 4.78 is 0. The van der Waals surface area contributed by atoms with E-state index in [2.05, 4.69) is 62.2 Å². The molecule has 7 nitrogen and oxygen atoms in total. The smallest absolute Gasteiger partial charge is 0.271 e. The van der Waals surface area contributed by atoms with Crippen molar-refractivity contribution in [1.29, 1.82) is 0 Å². The maximum absolute atomic E-state index is 12.3. The number of fused-ring (bicyclic) bond motifs is 1. The predicted molar refractivity (Wildman–Crippen MR) is 124 cm³/mol. The first-order chi connectivity index (χ1) is 14.5. The molecule has 0 spiro atoms. The number of nitro groups is 1. The molecule has 1 amide bonds. The molecule has 0 aliphatic carbocycles. The summed E-state index contributed by atoms with van der Waals surface area (Å²) in [7, 11) is 0. The molecule has 3 rings (SSSR count). The van der Waals surface area contributed by atoms with Crippen LogP contribution >= 0.6 is 0 Å². The van der Waals surface area contributed by atoms with E-state index in [1.807, 2.05) is 6.92 Å². The minimum absolute atomic E-state index is 0.0783. The lowest BCUT2D eigenvalue weighted by Gasteiger charge is -2.50. The summed E-state index contributed by atoms with van der Waals surface area (Å²) in [6, 6.07) is 10.3. The number of carbonyl (C=O) groups excluding carboxylic acids is 1. The molecule has 0 saturated heterocycles. The van der Waals surface area contributed by atoms with E-state index in [1.165, 1.54) is 35.5 Å². The van der Waals surface area contributed by atoms with Crippen LogP contribution in [0.5, 0.6) is 0 Å². The van der Waals surface area contributed by atoms with Gasteiger partial charge in [-0.1, -0.05) is 13.0 Å². The average Bonchev–Trinajstić information content (AvgIpc) is 2.67. The highest BCUT2D eigenvalue weighted by Crippen LogP contribution is 2.45. The Kier molecular flexibility index (Phi) is 6.15. The number of nitrogens with zero attached hydrogens (tertiary/aromatic N) is 3. The Bertz CT molecular complexity index is 1040. The van der Waals surface area contributed by atoms with Crippen molar-refractivity contribution >= 4 is 23.5 Å². The molecule has 7 heteroatoms. The number of nitrogens with one attached hydrogen (secondary N) is 1. The van der Waals surface area contributed by atoms with Gasteiger partial charge in [-0.05, 0) is 81.8 Å². The number of hydrazone groups is 1. The van der Waals surface area contributed by atoms with Crippen LogP contribution in [0.3, 0.4) is 0 Å². The Morgan fingerprint density at radius 1 is 1.32 bits per heavy atom. The molecular formula is C24H30N4O3. The second-order valence-corrected chi connectivity index (χ2v) is 9.16. The number of hydrogen-bond donors (Lipinski definition) is 1. The van der Waals surface area contributed by atoms with Crippen LogP contribution in [0.2, 0.25) is 0 Å². The SMILES string of the molecule is Cc1cc2c(cc1/C=N\NC(=O)c1cccc([N+](=O)[O-])c1)[C@H](C)CC(C)(C)N2C(C)C. The van der Waals surface area contributed by atoms with Gasteiger partial charge in [0.1, 0.15) is 0 Å². The molecule has 1 N–H and O–H groups in total. The van der Waals surface area contributed by atoms with Gasteiger partial charge in [-0.15, -0.1) is 0 Å². The Labute approximate surface area is 183 Å². The van der Waals surface area contributed by atoms with Gasteiger partial charge in [-0.25, -0.2) is 5.43 Å². The summed E-state index contributed by atoms with van der Waals surface area (Å²) in [6.07, 6.45) is 2.69. The maximum Gasteiger partial charge on any atom is 0.271 e. The van der Waals surface area contributed by atoms with E-state index >= 15 is 0 Å². The van der Waals surface area contributed by atoms with Crippen molar-refractivity contribution < 1.29 is 9.72 Å². The Balaban J connectivity index is 1.84. The van der Waals surface area contributed by atoms with Crippen LogP contribution in [0, 0.1) is 17.0 Å². The number of non-ortho nitro benzene ring substituents is 1. The molecule has 0 saturated carbocycles. The fourth-order valence-corrected chi connectivity index (χ4v) is 4.72. The lowest BCUT2D eigenvalue weighted by molar-refractivity contribution is -0.384. The third-order valence-corrected chi connectivity index (χ3v) is 5.87. The fraction of sp³-hybridized carbons (Fsp3) is 0.417. The number of nitro benzene ring substituents is 1. The molecule has 2 aromatic rings. The molecule has 31 heavy (non-hydrogen) atoms. The molecule has 1 aliphatic heterocycles. The largest absolute Gasteiger partial charge is 0.364 e. The highest BCUT2D eigenvalue weighted by atomic mass is 16.6. The molecule has 1 aliphatic rings. The zero-order valence-corrected chi connectivity index (χ0v) is 19.0. The zero-order valence-electron chi connectivity index (χ0n) is 19.0. The molecule has 1 heterocycles. The van der Waals surface area contributed by atoms with Crippen LogP contribution in [0.1, 0.15) is 74.0 Å². The van der Waals surface area contributed by atoms with E-state index < -0.39 is 10.8 Å². The Morgan fingerprint density at radius 3 is 2.68 bits per heavy atom. The van der Waals surface area contributed by atoms with Crippen LogP contribution in [0.4, 0.5) is 11.4 Å². The predicted octanol–water partition coefficient (Wildman–Crippen LogP) is 5.17. The second kappa shape index (κ2) is 8.49. The van der Waals surface area contributed by atoms with Gasteiger partial charge in [0.2, 0.25) is 0 Å². The van der Waals surface area contributed by atoms with Gasteiger partial charge < -0.3 is 4.90 Å². The van der Waals surface area contributed by atoms with E-state index in [9.17, 15) is 14.9 Å². The second-order valence-electron chi connectivity index (χ2n) is 9.16. The van der Waals surface area contributed by atoms with Crippen molar-refractivity contribution in [3.05, 3.63) is 68.8 Å². The van der Waals surface area contributed by atoms with Crippen LogP contribution in [0.25, 0.3) is 0 Å². The Morgan fingerprint density at radius 2 is 2.03 bits per heavy atom. The van der Waals surface area contributed by atoms with Crippen molar-refractivity contribution in [1.82, 2.24) is 5.43 Å². The van der Waals surface area contributed by atoms with E-state index in [0.717, 1.165) is 17.5 Å². The van der Waals surface area contributed by atoms with Crippen LogP contribution < -0.4 is 10.3 Å². The van der Waals surface area contributed by atoms with Crippen LogP contribution in [-0.4, -0.2) is 28.6 Å². The number of amides is 1. The highest BCUT2D eigenvalue weighted by Gasteiger charge is 2.37. The summed E-state index contributed by atoms with van der Waals surface area (Å²) in [4.78, 5) is 25.2. The van der Waals surface area contributed by atoms with Gasteiger partial charge in [0.05, 0.1) is 11.1 Å². The summed E-state index contributed by atoms with van der Waals surface area (Å²) in [5.41, 5.74) is 7.16. The number of carbonyl (C=O) groups is 1. The standard InChI is InChI=1S/C24H30N4O3/c1-15(2)27-22-10-16(3)19(12-21(22)17(4)13-24(27,5)6)14-25-26-23(29)18-8-7-9-20(11-18)28(30)31/h7-12,14-15,17H,13H2,1-6H3,(H,26,29)/b25-14-/t17-/m1/s1. The molecule has 0 unspecified atom stereocenters. The molecule has 164 valence electrons. The quantitative estimate of drug-likeness (QED) is 0.409. The summed E-state index contributed by atoms with van der Waals surface area (Å²) in [5, 5.41) is 15.0. The Hall–Kier alpha value is -3.22. The van der Waals surface area contributed by atoms with E-state index in [4.69, 9.17) is 0 Å². The molecule has 0 fully saturated rings. The van der Waals surface area contributed by atoms with E-state index in [1.54, 1.807) is 6.21 Å². The van der Waals surface area contributed by atoms with Crippen molar-refractivity contribution in [3.63, 3.8) is 0 Å². The van der Waals surface area contributed by atoms with Gasteiger partial charge in [-0.2, -0.15) is 5.10 Å². The van der Waals surface area contributed by atoms with Crippen molar-refractivity contribution in [3.8, 4) is 0 Å². The topological polar surface area (TPSA) is 87.8 Å². The minimum Gasteiger partial charge on any atom is -0.364 e. The van der Waals surface area contributed by atoms with E-state index in [-0.39, 0.29) is 16.8 Å². The number of anilines is 1. The number of aryl methyl sites for hydroxylation is 1. The first kappa shape index (κ1) is 22.5. The van der Waals surface area contributed by atoms with Crippen molar-refractivity contribution in [2.75, 3.05) is 4.90 Å². The lowest BCUT2D eigenvalue weighted by atomic mass is 9.78. The maximum atomic E-state index is 12.3.